The quantitative estimate of drug-likeness (QED) is 0.116. The van der Waals surface area contributed by atoms with E-state index in [2.05, 4.69) is 52.3 Å². The third-order valence-corrected chi connectivity index (χ3v) is 8.35. The van der Waals surface area contributed by atoms with E-state index < -0.39 is 5.60 Å². The van der Waals surface area contributed by atoms with Crippen molar-refractivity contribution < 1.29 is 19.0 Å². The molecule has 3 aromatic heterocycles. The first-order valence-corrected chi connectivity index (χ1v) is 15.6. The number of thiazole rings is 1. The van der Waals surface area contributed by atoms with Gasteiger partial charge in [-0.25, -0.2) is 4.98 Å². The van der Waals surface area contributed by atoms with Gasteiger partial charge in [-0.3, -0.25) is 4.79 Å². The summed E-state index contributed by atoms with van der Waals surface area (Å²) < 4.78 is 18.8. The summed E-state index contributed by atoms with van der Waals surface area (Å²) in [5.74, 6) is 1.57. The lowest BCUT2D eigenvalue weighted by Crippen LogP contribution is -2.23. The molecule has 8 heteroatoms. The van der Waals surface area contributed by atoms with Crippen LogP contribution in [0.4, 0.5) is 0 Å². The van der Waals surface area contributed by atoms with Crippen molar-refractivity contribution in [2.24, 2.45) is 0 Å². The molecule has 5 aromatic rings. The van der Waals surface area contributed by atoms with Crippen molar-refractivity contribution >= 4 is 39.1 Å². The van der Waals surface area contributed by atoms with Crippen LogP contribution in [-0.4, -0.2) is 40.3 Å². The molecule has 0 atom stereocenters. The molecule has 0 saturated heterocycles. The first-order chi connectivity index (χ1) is 20.2. The van der Waals surface area contributed by atoms with E-state index >= 15 is 0 Å². The Morgan fingerprint density at radius 3 is 2.43 bits per heavy atom. The van der Waals surface area contributed by atoms with Crippen molar-refractivity contribution in [3.8, 4) is 33.3 Å². The Hall–Kier alpha value is -3.78. The molecule has 7 nitrogen and oxygen atoms in total. The second-order valence-electron chi connectivity index (χ2n) is 11.8. The molecule has 0 amide bonds. The van der Waals surface area contributed by atoms with Gasteiger partial charge in [-0.15, -0.1) is 11.3 Å². The van der Waals surface area contributed by atoms with E-state index in [4.69, 9.17) is 19.2 Å². The number of unbranched alkanes of at least 4 members (excludes halogenated alkanes) is 4. The van der Waals surface area contributed by atoms with Gasteiger partial charge in [0.15, 0.2) is 0 Å². The number of fused-ring (bicyclic) bond motifs is 2. The van der Waals surface area contributed by atoms with Gasteiger partial charge in [0.1, 0.15) is 22.1 Å². The second kappa shape index (κ2) is 12.6. The van der Waals surface area contributed by atoms with Crippen LogP contribution < -0.4 is 9.47 Å². The third kappa shape index (κ3) is 6.65. The van der Waals surface area contributed by atoms with Crippen LogP contribution in [0.3, 0.4) is 0 Å². The molecule has 42 heavy (non-hydrogen) atoms. The minimum Gasteiger partial charge on any atom is -0.497 e. The minimum atomic E-state index is -0.415. The van der Waals surface area contributed by atoms with Crippen molar-refractivity contribution in [3.05, 3.63) is 53.7 Å². The molecule has 0 spiro atoms. The monoisotopic (exact) mass is 587 g/mol. The van der Waals surface area contributed by atoms with Crippen LogP contribution in [0.2, 0.25) is 0 Å². The molecule has 5 rings (SSSR count). The van der Waals surface area contributed by atoms with Crippen LogP contribution in [0.5, 0.6) is 11.5 Å². The number of ether oxygens (including phenoxy) is 3. The maximum Gasteiger partial charge on any atom is 0.306 e. The van der Waals surface area contributed by atoms with Crippen molar-refractivity contribution in [1.82, 2.24) is 14.5 Å². The van der Waals surface area contributed by atoms with Crippen molar-refractivity contribution in [2.45, 2.75) is 78.4 Å². The van der Waals surface area contributed by atoms with E-state index in [0.29, 0.717) is 6.42 Å². The number of methoxy groups -OCH3 is 2. The number of benzene rings is 2. The van der Waals surface area contributed by atoms with Gasteiger partial charge >= 0.3 is 5.97 Å². The molecule has 0 bridgehead atoms. The average molecular weight is 588 g/mol. The van der Waals surface area contributed by atoms with Crippen LogP contribution in [0, 0.1) is 6.92 Å². The lowest BCUT2D eigenvalue weighted by molar-refractivity contribution is -0.154. The summed E-state index contributed by atoms with van der Waals surface area (Å²) in [4.78, 5) is 20.6. The number of carbonyl (C=O) groups excluding carboxylic acids is 1. The van der Waals surface area contributed by atoms with Crippen LogP contribution in [0.1, 0.15) is 65.0 Å². The topological polar surface area (TPSA) is 78.4 Å². The standard InChI is InChI=1S/C34H41N3O4S/c1-22-32(26-18-23(39-5)14-16-28(26)35-22)29-21-42-33(36-29)27-20-37(30-19-24(40-6)13-15-25(27)30)17-11-9-7-8-10-12-31(38)41-34(2,3)4/h13-16,18-21,35H,7-12,17H2,1-6H3. The smallest absolute Gasteiger partial charge is 0.306 e. The number of nitrogens with zero attached hydrogens (tertiary/aromatic N) is 2. The number of aromatic amines is 1. The molecule has 0 aliphatic heterocycles. The molecule has 0 aliphatic rings. The van der Waals surface area contributed by atoms with E-state index in [1.807, 2.05) is 32.9 Å². The number of hydrogen-bond acceptors (Lipinski definition) is 6. The number of aryl methyl sites for hydroxylation is 2. The molecule has 0 aliphatic carbocycles. The van der Waals surface area contributed by atoms with Crippen molar-refractivity contribution in [3.63, 3.8) is 0 Å². The summed E-state index contributed by atoms with van der Waals surface area (Å²) in [5, 5.41) is 5.43. The molecule has 2 aromatic carbocycles. The second-order valence-corrected chi connectivity index (χ2v) is 12.7. The van der Waals surface area contributed by atoms with E-state index in [0.717, 1.165) is 94.1 Å². The van der Waals surface area contributed by atoms with Gasteiger partial charge in [-0.05, 0) is 70.9 Å². The first-order valence-electron chi connectivity index (χ1n) is 14.7. The summed E-state index contributed by atoms with van der Waals surface area (Å²) in [7, 11) is 3.40. The molecule has 0 saturated carbocycles. The highest BCUT2D eigenvalue weighted by Gasteiger charge is 2.19. The van der Waals surface area contributed by atoms with Crippen molar-refractivity contribution in [1.29, 1.82) is 0 Å². The SMILES string of the molecule is COc1ccc2[nH]c(C)c(-c3csc(-c4cn(CCCCCCCC(=O)OC(C)(C)C)c5cc(OC)ccc45)n3)c2c1. The predicted octanol–water partition coefficient (Wildman–Crippen LogP) is 8.92. The van der Waals surface area contributed by atoms with Crippen LogP contribution in [0.15, 0.2) is 48.0 Å². The lowest BCUT2D eigenvalue weighted by atomic mass is 10.1. The van der Waals surface area contributed by atoms with Gasteiger partial charge in [0.2, 0.25) is 0 Å². The number of carbonyl (C=O) groups is 1. The maximum atomic E-state index is 12.0. The number of aromatic nitrogens is 3. The summed E-state index contributed by atoms with van der Waals surface area (Å²) >= 11 is 1.67. The van der Waals surface area contributed by atoms with E-state index in [1.54, 1.807) is 25.6 Å². The molecule has 0 fully saturated rings. The normalized spacial score (nSPS) is 11.9. The zero-order valence-electron chi connectivity index (χ0n) is 25.5. The van der Waals surface area contributed by atoms with Gasteiger partial charge in [-0.2, -0.15) is 0 Å². The highest BCUT2D eigenvalue weighted by atomic mass is 32.1. The number of rotatable bonds is 12. The molecule has 1 N–H and O–H groups in total. The molecular weight excluding hydrogens is 546 g/mol. The highest BCUT2D eigenvalue weighted by Crippen LogP contribution is 2.39. The van der Waals surface area contributed by atoms with E-state index in [9.17, 15) is 4.79 Å². The van der Waals surface area contributed by atoms with Gasteiger partial charge in [-0.1, -0.05) is 19.3 Å². The summed E-state index contributed by atoms with van der Waals surface area (Å²) in [6, 6.07) is 12.4. The summed E-state index contributed by atoms with van der Waals surface area (Å²) in [5.41, 5.74) is 6.12. The van der Waals surface area contributed by atoms with Gasteiger partial charge < -0.3 is 23.8 Å². The molecule has 222 valence electrons. The predicted molar refractivity (Wildman–Crippen MR) is 172 cm³/mol. The molecule has 0 radical (unpaired) electrons. The Kier molecular flexibility index (Phi) is 8.92. The third-order valence-electron chi connectivity index (χ3n) is 7.47. The van der Waals surface area contributed by atoms with Gasteiger partial charge in [0, 0.05) is 63.7 Å². The number of esters is 1. The fourth-order valence-electron chi connectivity index (χ4n) is 5.50. The number of nitrogens with one attached hydrogen (secondary N) is 1. The fraction of sp³-hybridized carbons (Fsp3) is 0.412. The maximum absolute atomic E-state index is 12.0. The zero-order chi connectivity index (χ0) is 29.9. The van der Waals surface area contributed by atoms with E-state index in [1.165, 1.54) is 5.39 Å². The molecular formula is C34H41N3O4S. The summed E-state index contributed by atoms with van der Waals surface area (Å²) in [6.07, 6.45) is 7.90. The first kappa shape index (κ1) is 29.7. The molecule has 0 unspecified atom stereocenters. The Balaban J connectivity index is 1.31. The Morgan fingerprint density at radius 1 is 0.952 bits per heavy atom. The Bertz CT molecular complexity index is 1690. The largest absolute Gasteiger partial charge is 0.497 e. The number of hydrogen-bond donors (Lipinski definition) is 1. The van der Waals surface area contributed by atoms with E-state index in [-0.39, 0.29) is 5.97 Å². The Labute approximate surface area is 251 Å². The minimum absolute atomic E-state index is 0.104. The zero-order valence-corrected chi connectivity index (χ0v) is 26.3. The van der Waals surface area contributed by atoms with Gasteiger partial charge in [0.05, 0.1) is 25.4 Å². The number of H-pyrrole nitrogens is 1. The Morgan fingerprint density at radius 2 is 1.67 bits per heavy atom. The average Bonchev–Trinajstić information content (AvgIpc) is 3.65. The van der Waals surface area contributed by atoms with Crippen LogP contribution >= 0.6 is 11.3 Å². The molecule has 3 heterocycles. The van der Waals surface area contributed by atoms with Crippen molar-refractivity contribution in [2.75, 3.05) is 14.2 Å². The van der Waals surface area contributed by atoms with Crippen LogP contribution in [-0.2, 0) is 16.1 Å². The fourth-order valence-corrected chi connectivity index (χ4v) is 6.34. The van der Waals surface area contributed by atoms with Gasteiger partial charge in [0.25, 0.3) is 0 Å². The summed E-state index contributed by atoms with van der Waals surface area (Å²) in [6.45, 7) is 8.73. The lowest BCUT2D eigenvalue weighted by Gasteiger charge is -2.19. The highest BCUT2D eigenvalue weighted by molar-refractivity contribution is 7.13. The van der Waals surface area contributed by atoms with Crippen LogP contribution in [0.25, 0.3) is 43.6 Å².